The molecule has 0 radical (unpaired) electrons. The van der Waals surface area contributed by atoms with Crippen LogP contribution in [0.2, 0.25) is 0 Å². The van der Waals surface area contributed by atoms with E-state index in [2.05, 4.69) is 13.8 Å². The van der Waals surface area contributed by atoms with E-state index in [4.69, 9.17) is 9.47 Å². The molecule has 0 spiro atoms. The molecule has 24 heavy (non-hydrogen) atoms. The first-order chi connectivity index (χ1) is 11.2. The lowest BCUT2D eigenvalue weighted by molar-refractivity contribution is -0.139. The second kappa shape index (κ2) is 9.33. The van der Waals surface area contributed by atoms with E-state index >= 15 is 0 Å². The van der Waals surface area contributed by atoms with Gasteiger partial charge in [-0.15, -0.1) is 0 Å². The Hall–Kier alpha value is -2.01. The summed E-state index contributed by atoms with van der Waals surface area (Å²) >= 11 is 0. The minimum Gasteiger partial charge on any atom is -0.504 e. The van der Waals surface area contributed by atoms with E-state index in [1.165, 1.54) is 24.3 Å². The van der Waals surface area contributed by atoms with Gasteiger partial charge < -0.3 is 19.7 Å². The van der Waals surface area contributed by atoms with Crippen molar-refractivity contribution in [1.29, 1.82) is 0 Å². The minimum absolute atomic E-state index is 0.200. The van der Waals surface area contributed by atoms with Crippen LogP contribution < -0.4 is 0 Å². The van der Waals surface area contributed by atoms with Crippen molar-refractivity contribution in [2.24, 2.45) is 5.92 Å². The molecule has 0 saturated carbocycles. The van der Waals surface area contributed by atoms with Crippen LogP contribution in [0.3, 0.4) is 0 Å². The number of benzene rings is 1. The van der Waals surface area contributed by atoms with Crippen molar-refractivity contribution in [3.8, 4) is 11.5 Å². The summed E-state index contributed by atoms with van der Waals surface area (Å²) in [5, 5.41) is 18.6. The molecule has 2 N–H and O–H groups in total. The molecule has 0 heterocycles. The third-order valence-electron chi connectivity index (χ3n) is 3.55. The smallest absolute Gasteiger partial charge is 0.330 e. The van der Waals surface area contributed by atoms with Gasteiger partial charge >= 0.3 is 5.97 Å². The largest absolute Gasteiger partial charge is 0.504 e. The maximum absolute atomic E-state index is 11.7. The Balaban J connectivity index is 2.35. The molecule has 0 aliphatic heterocycles. The Kier molecular flexibility index (Phi) is 7.79. The molecule has 0 aliphatic rings. The molecule has 5 heteroatoms. The molecule has 0 bridgehead atoms. The summed E-state index contributed by atoms with van der Waals surface area (Å²) in [6.07, 6.45) is 4.43. The molecule has 1 aromatic carbocycles. The van der Waals surface area contributed by atoms with Crippen molar-refractivity contribution in [2.45, 2.75) is 46.1 Å². The van der Waals surface area contributed by atoms with E-state index in [9.17, 15) is 15.0 Å². The predicted molar refractivity (Wildman–Crippen MR) is 93.9 cm³/mol. The fraction of sp³-hybridized carbons (Fsp3) is 0.526. The Labute approximate surface area is 143 Å². The maximum Gasteiger partial charge on any atom is 0.330 e. The average Bonchev–Trinajstić information content (AvgIpc) is 2.47. The van der Waals surface area contributed by atoms with Gasteiger partial charge in [0.25, 0.3) is 0 Å². The first-order valence-corrected chi connectivity index (χ1v) is 8.20. The molecule has 0 saturated heterocycles. The van der Waals surface area contributed by atoms with Crippen molar-refractivity contribution in [3.05, 3.63) is 29.8 Å². The highest BCUT2D eigenvalue weighted by molar-refractivity contribution is 5.87. The lowest BCUT2D eigenvalue weighted by Gasteiger charge is -2.25. The van der Waals surface area contributed by atoms with E-state index in [1.54, 1.807) is 6.07 Å². The van der Waals surface area contributed by atoms with Gasteiger partial charge in [-0.1, -0.05) is 19.9 Å². The summed E-state index contributed by atoms with van der Waals surface area (Å²) in [5.74, 6) is -0.288. The third kappa shape index (κ3) is 8.02. The Bertz CT molecular complexity index is 561. The molecule has 0 fully saturated rings. The topological polar surface area (TPSA) is 76.0 Å². The van der Waals surface area contributed by atoms with Gasteiger partial charge in [0, 0.05) is 19.1 Å². The van der Waals surface area contributed by atoms with E-state index in [1.807, 2.05) is 13.8 Å². The summed E-state index contributed by atoms with van der Waals surface area (Å²) in [6.45, 7) is 9.24. The molecule has 5 nitrogen and oxygen atoms in total. The Morgan fingerprint density at radius 2 is 1.92 bits per heavy atom. The van der Waals surface area contributed by atoms with Crippen LogP contribution in [0.1, 0.15) is 46.1 Å². The summed E-state index contributed by atoms with van der Waals surface area (Å²) in [6, 6.07) is 4.31. The molecule has 134 valence electrons. The number of carbonyl (C=O) groups excluding carboxylic acids is 1. The quantitative estimate of drug-likeness (QED) is 0.406. The first-order valence-electron chi connectivity index (χ1n) is 8.20. The van der Waals surface area contributed by atoms with Crippen LogP contribution in [0, 0.1) is 5.92 Å². The highest BCUT2D eigenvalue weighted by atomic mass is 16.5. The van der Waals surface area contributed by atoms with E-state index in [0.29, 0.717) is 24.5 Å². The van der Waals surface area contributed by atoms with Crippen LogP contribution in [-0.2, 0) is 14.3 Å². The van der Waals surface area contributed by atoms with Crippen molar-refractivity contribution in [1.82, 2.24) is 0 Å². The van der Waals surface area contributed by atoms with Crippen molar-refractivity contribution >= 4 is 12.0 Å². The number of aromatic hydroxyl groups is 2. The highest BCUT2D eigenvalue weighted by Gasteiger charge is 2.18. The van der Waals surface area contributed by atoms with Gasteiger partial charge in [-0.3, -0.25) is 0 Å². The highest BCUT2D eigenvalue weighted by Crippen LogP contribution is 2.25. The molecular weight excluding hydrogens is 308 g/mol. The SMILES string of the molecule is CC(C)CCOC(C)(C)CCOC(=O)/C=C/c1ccc(O)c(O)c1. The van der Waals surface area contributed by atoms with Gasteiger partial charge in [0.05, 0.1) is 12.2 Å². The summed E-state index contributed by atoms with van der Waals surface area (Å²) in [7, 11) is 0. The van der Waals surface area contributed by atoms with Crippen molar-refractivity contribution in [3.63, 3.8) is 0 Å². The molecule has 0 atom stereocenters. The number of esters is 1. The van der Waals surface area contributed by atoms with Crippen LogP contribution in [0.15, 0.2) is 24.3 Å². The molecule has 1 aromatic rings. The zero-order valence-corrected chi connectivity index (χ0v) is 14.9. The first kappa shape index (κ1) is 20.0. The zero-order chi connectivity index (χ0) is 18.2. The average molecular weight is 336 g/mol. The van der Waals surface area contributed by atoms with Gasteiger partial charge in [-0.2, -0.15) is 0 Å². The van der Waals surface area contributed by atoms with Gasteiger partial charge in [0.15, 0.2) is 11.5 Å². The van der Waals surface area contributed by atoms with Crippen molar-refractivity contribution in [2.75, 3.05) is 13.2 Å². The Morgan fingerprint density at radius 3 is 2.54 bits per heavy atom. The molecule has 0 aromatic heterocycles. The van der Waals surface area contributed by atoms with Gasteiger partial charge in [-0.25, -0.2) is 4.79 Å². The van der Waals surface area contributed by atoms with E-state index < -0.39 is 5.97 Å². The van der Waals surface area contributed by atoms with Gasteiger partial charge in [0.2, 0.25) is 0 Å². The number of ether oxygens (including phenoxy) is 2. The third-order valence-corrected chi connectivity index (χ3v) is 3.55. The monoisotopic (exact) mass is 336 g/mol. The lowest BCUT2D eigenvalue weighted by atomic mass is 10.1. The van der Waals surface area contributed by atoms with Crippen LogP contribution in [0.4, 0.5) is 0 Å². The standard InChI is InChI=1S/C19H28O5/c1-14(2)9-11-24-19(3,4)10-12-23-18(22)8-6-15-5-7-16(20)17(21)13-15/h5-8,13-14,20-21H,9-12H2,1-4H3/b8-6+. The van der Waals surface area contributed by atoms with Crippen LogP contribution in [-0.4, -0.2) is 35.0 Å². The fourth-order valence-corrected chi connectivity index (χ4v) is 1.90. The summed E-state index contributed by atoms with van der Waals surface area (Å²) in [4.78, 5) is 11.7. The number of hydrogen-bond acceptors (Lipinski definition) is 5. The number of phenols is 2. The van der Waals surface area contributed by atoms with E-state index in [-0.39, 0.29) is 23.7 Å². The van der Waals surface area contributed by atoms with Crippen molar-refractivity contribution < 1.29 is 24.5 Å². The number of rotatable bonds is 9. The summed E-state index contributed by atoms with van der Waals surface area (Å²) in [5.41, 5.74) is 0.265. The summed E-state index contributed by atoms with van der Waals surface area (Å²) < 4.78 is 11.0. The van der Waals surface area contributed by atoms with Crippen LogP contribution in [0.5, 0.6) is 11.5 Å². The zero-order valence-electron chi connectivity index (χ0n) is 14.9. The van der Waals surface area contributed by atoms with Gasteiger partial charge in [-0.05, 0) is 50.0 Å². The lowest BCUT2D eigenvalue weighted by Crippen LogP contribution is -2.27. The fourth-order valence-electron chi connectivity index (χ4n) is 1.90. The molecule has 0 amide bonds. The second-order valence-corrected chi connectivity index (χ2v) is 6.79. The van der Waals surface area contributed by atoms with Crippen LogP contribution >= 0.6 is 0 Å². The normalized spacial score (nSPS) is 12.0. The second-order valence-electron chi connectivity index (χ2n) is 6.79. The van der Waals surface area contributed by atoms with Crippen LogP contribution in [0.25, 0.3) is 6.08 Å². The minimum atomic E-state index is -0.458. The van der Waals surface area contributed by atoms with E-state index in [0.717, 1.165) is 6.42 Å². The molecule has 0 aliphatic carbocycles. The number of phenolic OH excluding ortho intramolecular Hbond substituents is 2. The number of hydrogen-bond donors (Lipinski definition) is 2. The number of carbonyl (C=O) groups is 1. The maximum atomic E-state index is 11.7. The molecule has 0 unspecified atom stereocenters. The predicted octanol–water partition coefficient (Wildman–Crippen LogP) is 3.89. The Morgan fingerprint density at radius 1 is 1.21 bits per heavy atom. The molecular formula is C19H28O5. The van der Waals surface area contributed by atoms with Gasteiger partial charge in [0.1, 0.15) is 0 Å². The molecule has 1 rings (SSSR count).